The normalized spacial score (nSPS) is 36.2. The van der Waals surface area contributed by atoms with Crippen molar-refractivity contribution in [2.75, 3.05) is 12.5 Å². The molecule has 1 saturated heterocycles. The highest BCUT2D eigenvalue weighted by molar-refractivity contribution is 6.18. The van der Waals surface area contributed by atoms with Crippen LogP contribution < -0.4 is 0 Å². The molecule has 72 valence electrons. The molecule has 3 heteroatoms. The van der Waals surface area contributed by atoms with Gasteiger partial charge in [-0.3, -0.25) is 0 Å². The quantitative estimate of drug-likeness (QED) is 0.640. The fourth-order valence-corrected chi connectivity index (χ4v) is 1.77. The van der Waals surface area contributed by atoms with E-state index in [0.717, 1.165) is 6.42 Å². The molecule has 0 N–H and O–H groups in total. The molecule has 1 fully saturated rings. The van der Waals surface area contributed by atoms with Gasteiger partial charge in [-0.05, 0) is 12.8 Å². The third-order valence-electron chi connectivity index (χ3n) is 1.94. The first-order chi connectivity index (χ1) is 5.56. The lowest BCUT2D eigenvalue weighted by Crippen LogP contribution is -2.28. The van der Waals surface area contributed by atoms with Crippen LogP contribution >= 0.6 is 11.6 Å². The molecule has 0 unspecified atom stereocenters. The van der Waals surface area contributed by atoms with E-state index >= 15 is 0 Å². The molecule has 0 aromatic heterocycles. The van der Waals surface area contributed by atoms with Crippen LogP contribution in [-0.4, -0.2) is 24.4 Å². The van der Waals surface area contributed by atoms with Gasteiger partial charge in [-0.2, -0.15) is 0 Å². The van der Waals surface area contributed by atoms with Crippen molar-refractivity contribution in [2.24, 2.45) is 5.92 Å². The van der Waals surface area contributed by atoms with Crippen molar-refractivity contribution in [2.45, 2.75) is 39.1 Å². The molecule has 1 aliphatic heterocycles. The van der Waals surface area contributed by atoms with E-state index in [-0.39, 0.29) is 6.10 Å². The summed E-state index contributed by atoms with van der Waals surface area (Å²) >= 11 is 5.67. The fourth-order valence-electron chi connectivity index (χ4n) is 1.61. The van der Waals surface area contributed by atoms with Crippen molar-refractivity contribution in [3.8, 4) is 0 Å². The Morgan fingerprint density at radius 3 is 2.67 bits per heavy atom. The van der Waals surface area contributed by atoms with Crippen LogP contribution in [0.3, 0.4) is 0 Å². The molecule has 2 atom stereocenters. The number of ether oxygens (including phenoxy) is 2. The minimum Gasteiger partial charge on any atom is -0.347 e. The van der Waals surface area contributed by atoms with E-state index in [1.54, 1.807) is 0 Å². The van der Waals surface area contributed by atoms with Crippen LogP contribution in [0.25, 0.3) is 0 Å². The Morgan fingerprint density at radius 1 is 1.58 bits per heavy atom. The van der Waals surface area contributed by atoms with E-state index in [1.807, 2.05) is 6.92 Å². The lowest BCUT2D eigenvalue weighted by molar-refractivity contribution is -0.162. The second-order valence-electron chi connectivity index (χ2n) is 3.94. The molecule has 0 radical (unpaired) electrons. The molecule has 0 amide bonds. The van der Waals surface area contributed by atoms with Crippen LogP contribution in [0.4, 0.5) is 0 Å². The Kier molecular flexibility index (Phi) is 3.38. The average molecular weight is 193 g/mol. The lowest BCUT2D eigenvalue weighted by atomic mass is 10.0. The summed E-state index contributed by atoms with van der Waals surface area (Å²) in [4.78, 5) is 0. The van der Waals surface area contributed by atoms with Crippen LogP contribution in [0, 0.1) is 5.92 Å². The third-order valence-corrected chi connectivity index (χ3v) is 2.29. The highest BCUT2D eigenvalue weighted by Gasteiger charge is 2.36. The van der Waals surface area contributed by atoms with Gasteiger partial charge in [-0.15, -0.1) is 11.6 Å². The topological polar surface area (TPSA) is 18.5 Å². The third kappa shape index (κ3) is 2.61. The zero-order chi connectivity index (χ0) is 9.19. The van der Waals surface area contributed by atoms with Crippen LogP contribution in [0.5, 0.6) is 0 Å². The summed E-state index contributed by atoms with van der Waals surface area (Å²) in [5, 5.41) is 0. The first-order valence-corrected chi connectivity index (χ1v) is 4.97. The van der Waals surface area contributed by atoms with Crippen LogP contribution in [0.1, 0.15) is 27.2 Å². The Morgan fingerprint density at radius 2 is 2.25 bits per heavy atom. The molecule has 0 aromatic carbocycles. The molecule has 2 nitrogen and oxygen atoms in total. The van der Waals surface area contributed by atoms with E-state index in [4.69, 9.17) is 21.1 Å². The Bertz CT molecular complexity index is 149. The van der Waals surface area contributed by atoms with Gasteiger partial charge in [0.2, 0.25) is 0 Å². The Labute approximate surface area is 79.2 Å². The predicted octanol–water partition coefficient (Wildman–Crippen LogP) is 2.40. The van der Waals surface area contributed by atoms with Crippen molar-refractivity contribution in [3.63, 3.8) is 0 Å². The van der Waals surface area contributed by atoms with E-state index in [1.165, 1.54) is 0 Å². The van der Waals surface area contributed by atoms with Crippen molar-refractivity contribution in [1.29, 1.82) is 0 Å². The van der Waals surface area contributed by atoms with Gasteiger partial charge in [0, 0.05) is 6.42 Å². The number of rotatable bonds is 3. The van der Waals surface area contributed by atoms with Crippen molar-refractivity contribution >= 4 is 11.6 Å². The lowest BCUT2D eigenvalue weighted by Gasteiger charge is -2.24. The Hall–Kier alpha value is 0.210. The van der Waals surface area contributed by atoms with Crippen LogP contribution in [0.15, 0.2) is 0 Å². The molecule has 0 spiro atoms. The van der Waals surface area contributed by atoms with Gasteiger partial charge in [0.05, 0.1) is 18.6 Å². The number of halogens is 1. The smallest absolute Gasteiger partial charge is 0.166 e. The standard InChI is InChI=1S/C9H17ClO2/c1-7(2)4-9(3)11-6-8(5-10)12-9/h7-8H,4-6H2,1-3H3/t8-,9+/m1/s1. The van der Waals surface area contributed by atoms with Crippen LogP contribution in [0.2, 0.25) is 0 Å². The maximum atomic E-state index is 5.67. The minimum absolute atomic E-state index is 0.0791. The van der Waals surface area contributed by atoms with E-state index in [9.17, 15) is 0 Å². The van der Waals surface area contributed by atoms with E-state index in [0.29, 0.717) is 18.4 Å². The summed E-state index contributed by atoms with van der Waals surface area (Å²) in [5.74, 6) is 0.714. The van der Waals surface area contributed by atoms with Gasteiger partial charge in [-0.25, -0.2) is 0 Å². The average Bonchev–Trinajstić information content (AvgIpc) is 2.30. The maximum absolute atomic E-state index is 5.67. The molecule has 1 heterocycles. The zero-order valence-corrected chi connectivity index (χ0v) is 8.73. The first-order valence-electron chi connectivity index (χ1n) is 4.43. The molecular formula is C9H17ClO2. The van der Waals surface area contributed by atoms with Gasteiger partial charge in [0.15, 0.2) is 5.79 Å². The SMILES string of the molecule is CC(C)C[C@@]1(C)OC[C@@H](CCl)O1. The molecule has 0 saturated carbocycles. The summed E-state index contributed by atoms with van der Waals surface area (Å²) in [7, 11) is 0. The summed E-state index contributed by atoms with van der Waals surface area (Å²) < 4.78 is 11.2. The molecule has 1 aliphatic rings. The van der Waals surface area contributed by atoms with Crippen molar-refractivity contribution in [1.82, 2.24) is 0 Å². The van der Waals surface area contributed by atoms with Gasteiger partial charge in [0.25, 0.3) is 0 Å². The van der Waals surface area contributed by atoms with E-state index < -0.39 is 5.79 Å². The number of hydrogen-bond acceptors (Lipinski definition) is 2. The molecule has 0 aromatic rings. The summed E-state index contributed by atoms with van der Waals surface area (Å²) in [6, 6.07) is 0. The molecular weight excluding hydrogens is 176 g/mol. The monoisotopic (exact) mass is 192 g/mol. The fraction of sp³-hybridized carbons (Fsp3) is 1.00. The predicted molar refractivity (Wildman–Crippen MR) is 49.4 cm³/mol. The first kappa shape index (κ1) is 10.3. The van der Waals surface area contributed by atoms with Gasteiger partial charge in [-0.1, -0.05) is 13.8 Å². The van der Waals surface area contributed by atoms with Crippen molar-refractivity contribution in [3.05, 3.63) is 0 Å². The summed E-state index contributed by atoms with van der Waals surface area (Å²) in [5.41, 5.74) is 0. The minimum atomic E-state index is -0.395. The second kappa shape index (κ2) is 3.95. The van der Waals surface area contributed by atoms with Crippen LogP contribution in [-0.2, 0) is 9.47 Å². The highest BCUT2D eigenvalue weighted by atomic mass is 35.5. The maximum Gasteiger partial charge on any atom is 0.166 e. The van der Waals surface area contributed by atoms with Gasteiger partial charge < -0.3 is 9.47 Å². The number of alkyl halides is 1. The summed E-state index contributed by atoms with van der Waals surface area (Å²) in [6.07, 6.45) is 1.01. The number of hydrogen-bond donors (Lipinski definition) is 0. The Balaban J connectivity index is 2.41. The van der Waals surface area contributed by atoms with Gasteiger partial charge >= 0.3 is 0 Å². The van der Waals surface area contributed by atoms with Crippen molar-refractivity contribution < 1.29 is 9.47 Å². The molecule has 12 heavy (non-hydrogen) atoms. The molecule has 0 bridgehead atoms. The molecule has 0 aliphatic carbocycles. The van der Waals surface area contributed by atoms with Gasteiger partial charge in [0.1, 0.15) is 0 Å². The molecule has 1 rings (SSSR count). The second-order valence-corrected chi connectivity index (χ2v) is 4.25. The summed E-state index contributed by atoms with van der Waals surface area (Å²) in [6.45, 7) is 6.93. The van der Waals surface area contributed by atoms with E-state index in [2.05, 4.69) is 13.8 Å². The highest BCUT2D eigenvalue weighted by Crippen LogP contribution is 2.29. The zero-order valence-electron chi connectivity index (χ0n) is 7.97. The largest absolute Gasteiger partial charge is 0.347 e.